The first-order chi connectivity index (χ1) is 12.4. The first kappa shape index (κ1) is 16.9. The Bertz CT molecular complexity index is 1080. The van der Waals surface area contributed by atoms with Crippen LogP contribution in [0.15, 0.2) is 47.4 Å². The molecule has 0 amide bonds. The number of aromatic nitrogens is 4. The molecule has 7 nitrogen and oxygen atoms in total. The van der Waals surface area contributed by atoms with E-state index in [-0.39, 0.29) is 9.92 Å². The van der Waals surface area contributed by atoms with Crippen molar-refractivity contribution in [3.63, 3.8) is 0 Å². The molecule has 0 saturated heterocycles. The van der Waals surface area contributed by atoms with Gasteiger partial charge in [-0.3, -0.25) is 4.72 Å². The third kappa shape index (κ3) is 3.27. The largest absolute Gasteiger partial charge is 0.280 e. The molecular formula is C16H13ClFN5O2S. The summed E-state index contributed by atoms with van der Waals surface area (Å²) in [6, 6.07) is 10.3. The van der Waals surface area contributed by atoms with Crippen molar-refractivity contribution >= 4 is 27.3 Å². The average Bonchev–Trinajstić information content (AvgIpc) is 3.33. The summed E-state index contributed by atoms with van der Waals surface area (Å²) in [6.07, 6.45) is 2.05. The molecule has 134 valence electrons. The van der Waals surface area contributed by atoms with E-state index in [1.807, 2.05) is 0 Å². The highest BCUT2D eigenvalue weighted by Gasteiger charge is 2.28. The van der Waals surface area contributed by atoms with Gasteiger partial charge in [-0.1, -0.05) is 23.7 Å². The lowest BCUT2D eigenvalue weighted by Crippen LogP contribution is -2.13. The Kier molecular flexibility index (Phi) is 4.12. The average molecular weight is 394 g/mol. The number of hydrogen-bond acceptors (Lipinski definition) is 5. The van der Waals surface area contributed by atoms with Crippen molar-refractivity contribution in [3.8, 4) is 11.4 Å². The molecule has 1 saturated carbocycles. The van der Waals surface area contributed by atoms with E-state index in [1.54, 1.807) is 28.9 Å². The summed E-state index contributed by atoms with van der Waals surface area (Å²) in [6.45, 7) is 0. The van der Waals surface area contributed by atoms with Crippen molar-refractivity contribution in [1.29, 1.82) is 0 Å². The predicted molar refractivity (Wildman–Crippen MR) is 93.7 cm³/mol. The summed E-state index contributed by atoms with van der Waals surface area (Å²) >= 11 is 5.68. The molecule has 4 rings (SSSR count). The van der Waals surface area contributed by atoms with Gasteiger partial charge in [0.1, 0.15) is 5.82 Å². The fraction of sp³-hybridized carbons (Fsp3) is 0.188. The lowest BCUT2D eigenvalue weighted by Gasteiger charge is -2.10. The highest BCUT2D eigenvalue weighted by molar-refractivity contribution is 7.92. The molecular weight excluding hydrogens is 381 g/mol. The summed E-state index contributed by atoms with van der Waals surface area (Å²) in [5.41, 5.74) is 1.03. The van der Waals surface area contributed by atoms with Gasteiger partial charge in [-0.2, -0.15) is 0 Å². The number of anilines is 1. The second-order valence-electron chi connectivity index (χ2n) is 5.94. The Morgan fingerprint density at radius 1 is 1.19 bits per heavy atom. The zero-order chi connectivity index (χ0) is 18.3. The summed E-state index contributed by atoms with van der Waals surface area (Å²) < 4.78 is 42.5. The van der Waals surface area contributed by atoms with Gasteiger partial charge in [0.15, 0.2) is 5.82 Å². The highest BCUT2D eigenvalue weighted by atomic mass is 35.5. The van der Waals surface area contributed by atoms with Gasteiger partial charge in [-0.25, -0.2) is 17.5 Å². The van der Waals surface area contributed by atoms with Crippen molar-refractivity contribution < 1.29 is 12.8 Å². The van der Waals surface area contributed by atoms with Crippen molar-refractivity contribution in [2.45, 2.75) is 23.8 Å². The molecule has 0 bridgehead atoms. The zero-order valence-corrected chi connectivity index (χ0v) is 14.9. The number of rotatable bonds is 5. The maximum absolute atomic E-state index is 13.3. The minimum atomic E-state index is -3.91. The van der Waals surface area contributed by atoms with Crippen molar-refractivity contribution in [1.82, 2.24) is 20.2 Å². The van der Waals surface area contributed by atoms with Crippen LogP contribution >= 0.6 is 11.6 Å². The number of nitrogens with one attached hydrogen (secondary N) is 1. The third-order valence-electron chi connectivity index (χ3n) is 3.96. The smallest absolute Gasteiger partial charge is 0.261 e. The minimum Gasteiger partial charge on any atom is -0.280 e. The minimum absolute atomic E-state index is 0.128. The van der Waals surface area contributed by atoms with Gasteiger partial charge in [0.25, 0.3) is 10.0 Å². The molecule has 1 N–H and O–H groups in total. The van der Waals surface area contributed by atoms with E-state index in [1.165, 1.54) is 0 Å². The van der Waals surface area contributed by atoms with Gasteiger partial charge in [-0.05, 0) is 53.6 Å². The topological polar surface area (TPSA) is 89.8 Å². The maximum Gasteiger partial charge on any atom is 0.261 e. The van der Waals surface area contributed by atoms with Crippen LogP contribution in [0.4, 0.5) is 10.1 Å². The summed E-state index contributed by atoms with van der Waals surface area (Å²) in [7, 11) is -3.91. The lowest BCUT2D eigenvalue weighted by atomic mass is 10.2. The monoisotopic (exact) mass is 393 g/mol. The molecule has 0 atom stereocenters. The van der Waals surface area contributed by atoms with Crippen molar-refractivity contribution in [2.24, 2.45) is 0 Å². The van der Waals surface area contributed by atoms with Crippen LogP contribution in [0.25, 0.3) is 11.4 Å². The normalized spacial score (nSPS) is 14.4. The number of sulfonamides is 1. The van der Waals surface area contributed by atoms with Gasteiger partial charge < -0.3 is 0 Å². The van der Waals surface area contributed by atoms with E-state index >= 15 is 0 Å². The molecule has 1 aliphatic rings. The fourth-order valence-electron chi connectivity index (χ4n) is 2.53. The predicted octanol–water partition coefficient (Wildman–Crippen LogP) is 3.27. The molecule has 0 unspecified atom stereocenters. The van der Waals surface area contributed by atoms with Crippen LogP contribution < -0.4 is 4.72 Å². The maximum atomic E-state index is 13.3. The summed E-state index contributed by atoms with van der Waals surface area (Å²) in [4.78, 5) is -0.128. The van der Waals surface area contributed by atoms with Crippen LogP contribution in [0, 0.1) is 5.82 Å². The molecule has 3 aromatic rings. The second-order valence-corrected chi connectivity index (χ2v) is 8.03. The molecule has 1 heterocycles. The lowest BCUT2D eigenvalue weighted by molar-refractivity contribution is 0.599. The summed E-state index contributed by atoms with van der Waals surface area (Å²) in [5, 5.41) is 11.5. The molecule has 0 aliphatic heterocycles. The van der Waals surface area contributed by atoms with E-state index in [9.17, 15) is 12.8 Å². The molecule has 1 aromatic heterocycles. The standard InChI is InChI=1S/C16H13ClFN5O2S/c17-14-9-13(6-7-15(14)18)26(24,25)20-11-3-1-2-10(8-11)16-19-21-22-23(16)12-4-5-12/h1-3,6-9,12,20H,4-5H2. The van der Waals surface area contributed by atoms with Crippen LogP contribution in [0.3, 0.4) is 0 Å². The Hall–Kier alpha value is -2.52. The third-order valence-corrected chi connectivity index (χ3v) is 5.63. The first-order valence-electron chi connectivity index (χ1n) is 7.80. The number of tetrazole rings is 1. The van der Waals surface area contributed by atoms with E-state index in [0.29, 0.717) is 23.1 Å². The number of benzene rings is 2. The van der Waals surface area contributed by atoms with Crippen LogP contribution in [-0.4, -0.2) is 28.6 Å². The Morgan fingerprint density at radius 3 is 2.73 bits per heavy atom. The highest BCUT2D eigenvalue weighted by Crippen LogP contribution is 2.37. The Balaban J connectivity index is 1.64. The quantitative estimate of drug-likeness (QED) is 0.718. The van der Waals surface area contributed by atoms with Gasteiger partial charge in [0, 0.05) is 11.3 Å². The van der Waals surface area contributed by atoms with Crippen LogP contribution in [0.5, 0.6) is 0 Å². The van der Waals surface area contributed by atoms with Crippen LogP contribution in [0.1, 0.15) is 18.9 Å². The van der Waals surface area contributed by atoms with Crippen molar-refractivity contribution in [2.75, 3.05) is 4.72 Å². The number of nitrogens with zero attached hydrogens (tertiary/aromatic N) is 4. The summed E-state index contributed by atoms with van der Waals surface area (Å²) in [5.74, 6) is -0.0992. The van der Waals surface area contributed by atoms with Gasteiger partial charge in [0.05, 0.1) is 16.0 Å². The van der Waals surface area contributed by atoms with Crippen LogP contribution in [-0.2, 0) is 10.0 Å². The van der Waals surface area contributed by atoms with E-state index in [4.69, 9.17) is 11.6 Å². The molecule has 1 aliphatic carbocycles. The number of hydrogen-bond donors (Lipinski definition) is 1. The fourth-order valence-corrected chi connectivity index (χ4v) is 3.85. The molecule has 2 aromatic carbocycles. The van der Waals surface area contributed by atoms with Gasteiger partial charge in [0.2, 0.25) is 0 Å². The second kappa shape index (κ2) is 6.33. The molecule has 26 heavy (non-hydrogen) atoms. The van der Waals surface area contributed by atoms with E-state index in [2.05, 4.69) is 20.2 Å². The molecule has 1 fully saturated rings. The SMILES string of the molecule is O=S(=O)(Nc1cccc(-c2nnnn2C2CC2)c1)c1ccc(F)c(Cl)c1. The molecule has 0 spiro atoms. The number of halogens is 2. The first-order valence-corrected chi connectivity index (χ1v) is 9.66. The van der Waals surface area contributed by atoms with Crippen molar-refractivity contribution in [3.05, 3.63) is 53.3 Å². The Labute approximate surface area is 153 Å². The van der Waals surface area contributed by atoms with Gasteiger partial charge in [-0.15, -0.1) is 5.10 Å². The van der Waals surface area contributed by atoms with Gasteiger partial charge >= 0.3 is 0 Å². The van der Waals surface area contributed by atoms with E-state index in [0.717, 1.165) is 31.0 Å². The molecule has 10 heteroatoms. The van der Waals surface area contributed by atoms with Crippen LogP contribution in [0.2, 0.25) is 5.02 Å². The Morgan fingerprint density at radius 2 is 2.00 bits per heavy atom. The molecule has 0 radical (unpaired) electrons. The zero-order valence-electron chi connectivity index (χ0n) is 13.3. The van der Waals surface area contributed by atoms with E-state index < -0.39 is 15.8 Å².